The monoisotopic (exact) mass is 421 g/mol. The normalized spacial score (nSPS) is 18.8. The molecule has 152 valence electrons. The summed E-state index contributed by atoms with van der Waals surface area (Å²) in [6.45, 7) is 1.38. The molecule has 0 spiro atoms. The first-order valence-electron chi connectivity index (χ1n) is 8.59. The van der Waals surface area contributed by atoms with Crippen molar-refractivity contribution < 1.29 is 29.0 Å². The Labute approximate surface area is 169 Å². The number of rotatable bonds is 5. The highest BCUT2D eigenvalue weighted by atomic mass is 35.5. The molecule has 2 amide bonds. The zero-order chi connectivity index (χ0) is 21.3. The number of nitrogens with one attached hydrogen (secondary N) is 1. The van der Waals surface area contributed by atoms with Crippen LogP contribution in [0.25, 0.3) is 0 Å². The maximum atomic E-state index is 13.4. The molecule has 1 aliphatic rings. The third-order valence-corrected chi connectivity index (χ3v) is 4.88. The Morgan fingerprint density at radius 2 is 2.07 bits per heavy atom. The van der Waals surface area contributed by atoms with Gasteiger partial charge in [-0.05, 0) is 36.8 Å². The van der Waals surface area contributed by atoms with E-state index in [0.29, 0.717) is 5.56 Å². The van der Waals surface area contributed by atoms with Crippen LogP contribution in [-0.4, -0.2) is 45.1 Å². The van der Waals surface area contributed by atoms with Crippen LogP contribution in [0.15, 0.2) is 30.5 Å². The number of nitrogens with zero attached hydrogens (tertiary/aromatic N) is 2. The highest BCUT2D eigenvalue weighted by Crippen LogP contribution is 2.29. The van der Waals surface area contributed by atoms with E-state index in [1.807, 2.05) is 0 Å². The van der Waals surface area contributed by atoms with Crippen LogP contribution in [0, 0.1) is 12.7 Å². The molecule has 1 saturated heterocycles. The van der Waals surface area contributed by atoms with E-state index in [0.717, 1.165) is 11.0 Å². The number of aryl methyl sites for hydroxylation is 1. The van der Waals surface area contributed by atoms with E-state index in [2.05, 4.69) is 10.3 Å². The van der Waals surface area contributed by atoms with Crippen LogP contribution in [0.1, 0.15) is 28.0 Å². The maximum Gasteiger partial charge on any atom is 0.337 e. The predicted octanol–water partition coefficient (Wildman–Crippen LogP) is 1.66. The molecule has 1 aromatic carbocycles. The summed E-state index contributed by atoms with van der Waals surface area (Å²) in [6, 6.07) is 4.99. The number of aromatic nitrogens is 1. The zero-order valence-corrected chi connectivity index (χ0v) is 16.0. The van der Waals surface area contributed by atoms with Crippen LogP contribution in [0.5, 0.6) is 0 Å². The van der Waals surface area contributed by atoms with Gasteiger partial charge in [-0.15, -0.1) is 0 Å². The Morgan fingerprint density at radius 3 is 2.72 bits per heavy atom. The number of pyridine rings is 1. The second-order valence-electron chi connectivity index (χ2n) is 6.66. The van der Waals surface area contributed by atoms with Gasteiger partial charge in [0.2, 0.25) is 5.60 Å². The van der Waals surface area contributed by atoms with E-state index in [4.69, 9.17) is 11.6 Å². The summed E-state index contributed by atoms with van der Waals surface area (Å²) in [4.78, 5) is 41.5. The molecule has 0 bridgehead atoms. The van der Waals surface area contributed by atoms with Gasteiger partial charge in [0.15, 0.2) is 0 Å². The Bertz CT molecular complexity index is 995. The third kappa shape index (κ3) is 4.06. The van der Waals surface area contributed by atoms with Crippen LogP contribution in [-0.2, 0) is 16.1 Å². The van der Waals surface area contributed by atoms with Crippen molar-refractivity contribution in [3.63, 3.8) is 0 Å². The quantitative estimate of drug-likeness (QED) is 0.632. The zero-order valence-electron chi connectivity index (χ0n) is 15.3. The molecule has 2 heterocycles. The van der Waals surface area contributed by atoms with E-state index in [1.54, 1.807) is 0 Å². The molecule has 0 radical (unpaired) electrons. The lowest BCUT2D eigenvalue weighted by molar-refractivity contribution is -0.149. The molecule has 1 fully saturated rings. The fraction of sp³-hybridized carbons (Fsp3) is 0.263. The third-order valence-electron chi connectivity index (χ3n) is 4.66. The maximum absolute atomic E-state index is 13.4. The van der Waals surface area contributed by atoms with Gasteiger partial charge in [-0.2, -0.15) is 0 Å². The second-order valence-corrected chi connectivity index (χ2v) is 7.10. The summed E-state index contributed by atoms with van der Waals surface area (Å²) < 4.78 is 13.4. The standard InChI is InChI=1S/C19H17ClFN3O5/c1-10-15(16(25)26)7-14(9-22-10)24-3-2-19(29,18(24)28)17(27)23-8-11-4-12(20)6-13(21)5-11/h4-7,9,29H,2-3,8H2,1H3,(H,23,27)(H,25,26). The Hall–Kier alpha value is -3.04. The number of carboxylic acids is 1. The largest absolute Gasteiger partial charge is 0.478 e. The fourth-order valence-electron chi connectivity index (χ4n) is 3.09. The van der Waals surface area contributed by atoms with Gasteiger partial charge < -0.3 is 20.4 Å². The number of anilines is 1. The Kier molecular flexibility index (Phi) is 5.54. The average molecular weight is 422 g/mol. The van der Waals surface area contributed by atoms with E-state index in [-0.39, 0.29) is 41.5 Å². The molecule has 0 saturated carbocycles. The summed E-state index contributed by atoms with van der Waals surface area (Å²) in [5.41, 5.74) is -1.61. The van der Waals surface area contributed by atoms with E-state index < -0.39 is 29.2 Å². The summed E-state index contributed by atoms with van der Waals surface area (Å²) in [6.07, 6.45) is 1.11. The Morgan fingerprint density at radius 1 is 1.34 bits per heavy atom. The number of carbonyl (C=O) groups excluding carboxylic acids is 2. The van der Waals surface area contributed by atoms with Crippen molar-refractivity contribution >= 4 is 35.1 Å². The van der Waals surface area contributed by atoms with Crippen molar-refractivity contribution in [2.24, 2.45) is 0 Å². The molecule has 29 heavy (non-hydrogen) atoms. The lowest BCUT2D eigenvalue weighted by atomic mass is 10.0. The highest BCUT2D eigenvalue weighted by molar-refractivity contribution is 6.30. The topological polar surface area (TPSA) is 120 Å². The average Bonchev–Trinajstić information content (AvgIpc) is 2.95. The molecule has 3 rings (SSSR count). The first-order chi connectivity index (χ1) is 13.6. The van der Waals surface area contributed by atoms with E-state index in [9.17, 15) is 29.0 Å². The van der Waals surface area contributed by atoms with Crippen molar-refractivity contribution in [3.05, 3.63) is 58.1 Å². The molecule has 2 aromatic rings. The lowest BCUT2D eigenvalue weighted by Gasteiger charge is -2.22. The van der Waals surface area contributed by atoms with Crippen molar-refractivity contribution in [1.29, 1.82) is 0 Å². The van der Waals surface area contributed by atoms with Gasteiger partial charge in [0, 0.05) is 24.5 Å². The number of aliphatic hydroxyl groups is 1. The van der Waals surface area contributed by atoms with E-state index >= 15 is 0 Å². The number of carboxylic acid groups (broad SMARTS) is 1. The van der Waals surface area contributed by atoms with Crippen LogP contribution in [0.2, 0.25) is 5.02 Å². The second kappa shape index (κ2) is 7.76. The fourth-order valence-corrected chi connectivity index (χ4v) is 3.33. The van der Waals surface area contributed by atoms with Gasteiger partial charge in [-0.1, -0.05) is 11.6 Å². The molecule has 0 aliphatic carbocycles. The van der Waals surface area contributed by atoms with Crippen LogP contribution < -0.4 is 10.2 Å². The van der Waals surface area contributed by atoms with Gasteiger partial charge in [0.05, 0.1) is 23.1 Å². The number of hydrogen-bond acceptors (Lipinski definition) is 5. The summed E-state index contributed by atoms with van der Waals surface area (Å²) in [5, 5.41) is 22.4. The first kappa shape index (κ1) is 20.7. The molecule has 1 aromatic heterocycles. The molecule has 8 nitrogen and oxygen atoms in total. The molecular formula is C19H17ClFN3O5. The number of halogens is 2. The van der Waals surface area contributed by atoms with Crippen LogP contribution in [0.4, 0.5) is 10.1 Å². The van der Waals surface area contributed by atoms with Gasteiger partial charge in [-0.3, -0.25) is 14.6 Å². The van der Waals surface area contributed by atoms with Crippen LogP contribution >= 0.6 is 11.6 Å². The number of hydrogen-bond donors (Lipinski definition) is 3. The summed E-state index contributed by atoms with van der Waals surface area (Å²) in [5.74, 6) is -3.62. The number of benzene rings is 1. The van der Waals surface area contributed by atoms with Crippen LogP contribution in [0.3, 0.4) is 0 Å². The van der Waals surface area contributed by atoms with E-state index in [1.165, 1.54) is 31.3 Å². The number of aromatic carboxylic acids is 1. The molecule has 10 heteroatoms. The molecular weight excluding hydrogens is 405 g/mol. The van der Waals surface area contributed by atoms with Gasteiger partial charge in [0.25, 0.3) is 11.8 Å². The predicted molar refractivity (Wildman–Crippen MR) is 101 cm³/mol. The minimum atomic E-state index is -2.33. The lowest BCUT2D eigenvalue weighted by Crippen LogP contribution is -2.52. The van der Waals surface area contributed by atoms with Crippen molar-refractivity contribution in [1.82, 2.24) is 10.3 Å². The smallest absolute Gasteiger partial charge is 0.337 e. The summed E-state index contributed by atoms with van der Waals surface area (Å²) in [7, 11) is 0. The van der Waals surface area contributed by atoms with Crippen molar-refractivity contribution in [2.45, 2.75) is 25.5 Å². The first-order valence-corrected chi connectivity index (χ1v) is 8.97. The van der Waals surface area contributed by atoms with Crippen molar-refractivity contribution in [2.75, 3.05) is 11.4 Å². The summed E-state index contributed by atoms with van der Waals surface area (Å²) >= 11 is 5.77. The molecule has 1 unspecified atom stereocenters. The number of carbonyl (C=O) groups is 3. The Balaban J connectivity index is 1.76. The SMILES string of the molecule is Cc1ncc(N2CCC(O)(C(=O)NCc3cc(F)cc(Cl)c3)C2=O)cc1C(=O)O. The number of amides is 2. The van der Waals surface area contributed by atoms with Gasteiger partial charge >= 0.3 is 5.97 Å². The molecule has 3 N–H and O–H groups in total. The molecule has 1 aliphatic heterocycles. The highest BCUT2D eigenvalue weighted by Gasteiger charge is 2.51. The van der Waals surface area contributed by atoms with Gasteiger partial charge in [-0.25, -0.2) is 9.18 Å². The minimum absolute atomic E-state index is 0.00164. The molecule has 1 atom stereocenters. The van der Waals surface area contributed by atoms with Crippen molar-refractivity contribution in [3.8, 4) is 0 Å². The van der Waals surface area contributed by atoms with Gasteiger partial charge in [0.1, 0.15) is 5.82 Å². The minimum Gasteiger partial charge on any atom is -0.478 e.